The van der Waals surface area contributed by atoms with Crippen molar-refractivity contribution in [3.05, 3.63) is 78.1 Å². The number of carbonyl (C=O) groups is 2. The molecule has 0 saturated carbocycles. The first-order valence-corrected chi connectivity index (χ1v) is 13.8. The number of nitrogens with one attached hydrogen (secondary N) is 1. The van der Waals surface area contributed by atoms with Crippen molar-refractivity contribution in [2.45, 2.75) is 51.2 Å². The Balaban J connectivity index is 1.55. The quantitative estimate of drug-likeness (QED) is 0.508. The Bertz CT molecular complexity index is 1350. The molecule has 2 aromatic carbocycles. The molecule has 2 heterocycles. The molecule has 0 radical (unpaired) electrons. The number of carbonyl (C=O) groups excluding carboxylic acids is 2. The zero-order valence-corrected chi connectivity index (χ0v) is 22.4. The number of hydrogen-bond donors (Lipinski definition) is 1. The minimum absolute atomic E-state index is 0.109. The number of amides is 2. The van der Waals surface area contributed by atoms with Crippen molar-refractivity contribution in [1.29, 1.82) is 0 Å². The van der Waals surface area contributed by atoms with Crippen LogP contribution in [-0.4, -0.2) is 54.6 Å². The third-order valence-electron chi connectivity index (χ3n) is 6.69. The Morgan fingerprint density at radius 2 is 1.78 bits per heavy atom. The molecule has 1 aliphatic heterocycles. The fraction of sp³-hybridized carbons (Fsp3) is 0.357. The standard InChI is InChI=1S/C28H33N3O5S/c1-19(2)28(33)31-21(4)17-30(37(34,35)24-9-6-5-7-10-24)18-25(31)27(32)29-16-23-13-12-22(15-20(23)3)26-11-8-14-36-26/h5-15,19,21,25H,16-18H2,1-4H3,(H,29,32). The van der Waals surface area contributed by atoms with Gasteiger partial charge in [-0.3, -0.25) is 9.59 Å². The minimum Gasteiger partial charge on any atom is -0.464 e. The summed E-state index contributed by atoms with van der Waals surface area (Å²) < 4.78 is 33.5. The summed E-state index contributed by atoms with van der Waals surface area (Å²) in [6, 6.07) is 16.3. The molecule has 2 unspecified atom stereocenters. The Labute approximate surface area is 218 Å². The molecule has 1 saturated heterocycles. The van der Waals surface area contributed by atoms with Crippen LogP contribution in [-0.2, 0) is 26.2 Å². The summed E-state index contributed by atoms with van der Waals surface area (Å²) in [5, 5.41) is 2.94. The average molecular weight is 524 g/mol. The predicted molar refractivity (Wildman–Crippen MR) is 141 cm³/mol. The van der Waals surface area contributed by atoms with Gasteiger partial charge in [-0.1, -0.05) is 44.2 Å². The molecule has 0 aliphatic carbocycles. The molecular weight excluding hydrogens is 490 g/mol. The minimum atomic E-state index is -3.82. The second kappa shape index (κ2) is 10.9. The SMILES string of the molecule is Cc1cc(-c2ccco2)ccc1CNC(=O)C1CN(S(=O)(=O)c2ccccc2)CC(C)N1C(=O)C(C)C. The van der Waals surface area contributed by atoms with Crippen molar-refractivity contribution in [3.8, 4) is 11.3 Å². The number of furan rings is 1. The van der Waals surface area contributed by atoms with Gasteiger partial charge in [-0.25, -0.2) is 8.42 Å². The van der Waals surface area contributed by atoms with E-state index in [1.54, 1.807) is 50.1 Å². The van der Waals surface area contributed by atoms with Crippen molar-refractivity contribution in [1.82, 2.24) is 14.5 Å². The third kappa shape index (κ3) is 5.62. The summed E-state index contributed by atoms with van der Waals surface area (Å²) in [5.41, 5.74) is 2.84. The summed E-state index contributed by atoms with van der Waals surface area (Å²) in [5.74, 6) is -0.129. The van der Waals surface area contributed by atoms with Crippen LogP contribution in [0.25, 0.3) is 11.3 Å². The Kier molecular flexibility index (Phi) is 7.85. The van der Waals surface area contributed by atoms with Gasteiger partial charge >= 0.3 is 0 Å². The zero-order chi connectivity index (χ0) is 26.7. The maximum absolute atomic E-state index is 13.5. The molecule has 0 spiro atoms. The van der Waals surface area contributed by atoms with Gasteiger partial charge in [0.1, 0.15) is 11.8 Å². The highest BCUT2D eigenvalue weighted by Gasteiger charge is 2.43. The largest absolute Gasteiger partial charge is 0.464 e. The van der Waals surface area contributed by atoms with Gasteiger partial charge in [0.05, 0.1) is 11.2 Å². The van der Waals surface area contributed by atoms with E-state index in [-0.39, 0.29) is 42.3 Å². The molecule has 1 aliphatic rings. The number of sulfonamides is 1. The van der Waals surface area contributed by atoms with Crippen LogP contribution in [0.5, 0.6) is 0 Å². The van der Waals surface area contributed by atoms with E-state index >= 15 is 0 Å². The molecule has 4 rings (SSSR count). The van der Waals surface area contributed by atoms with E-state index in [1.165, 1.54) is 16.4 Å². The maximum Gasteiger partial charge on any atom is 0.244 e. The molecule has 1 N–H and O–H groups in total. The molecule has 0 bridgehead atoms. The highest BCUT2D eigenvalue weighted by atomic mass is 32.2. The summed E-state index contributed by atoms with van der Waals surface area (Å²) in [6.45, 7) is 7.56. The lowest BCUT2D eigenvalue weighted by molar-refractivity contribution is -0.148. The van der Waals surface area contributed by atoms with Crippen LogP contribution in [0.3, 0.4) is 0 Å². The van der Waals surface area contributed by atoms with Crippen LogP contribution in [0.2, 0.25) is 0 Å². The lowest BCUT2D eigenvalue weighted by atomic mass is 10.0. The van der Waals surface area contributed by atoms with E-state index < -0.39 is 22.1 Å². The molecule has 37 heavy (non-hydrogen) atoms. The molecule has 2 atom stereocenters. The van der Waals surface area contributed by atoms with E-state index in [2.05, 4.69) is 5.32 Å². The van der Waals surface area contributed by atoms with E-state index in [0.717, 1.165) is 22.5 Å². The van der Waals surface area contributed by atoms with Gasteiger partial charge in [0.25, 0.3) is 0 Å². The summed E-state index contributed by atoms with van der Waals surface area (Å²) in [7, 11) is -3.82. The molecule has 196 valence electrons. The molecule has 3 aromatic rings. The highest BCUT2D eigenvalue weighted by molar-refractivity contribution is 7.89. The lowest BCUT2D eigenvalue weighted by Crippen LogP contribution is -2.65. The van der Waals surface area contributed by atoms with Crippen LogP contribution in [0.4, 0.5) is 0 Å². The maximum atomic E-state index is 13.5. The number of piperazine rings is 1. The van der Waals surface area contributed by atoms with E-state index in [4.69, 9.17) is 4.42 Å². The zero-order valence-electron chi connectivity index (χ0n) is 21.5. The second-order valence-electron chi connectivity index (χ2n) is 9.74. The fourth-order valence-corrected chi connectivity index (χ4v) is 6.20. The van der Waals surface area contributed by atoms with Crippen molar-refractivity contribution >= 4 is 21.8 Å². The van der Waals surface area contributed by atoms with Gasteiger partial charge in [0, 0.05) is 37.2 Å². The normalized spacial score (nSPS) is 18.7. The average Bonchev–Trinajstić information content (AvgIpc) is 3.42. The Morgan fingerprint density at radius 1 is 1.05 bits per heavy atom. The molecular formula is C28H33N3O5S. The highest BCUT2D eigenvalue weighted by Crippen LogP contribution is 2.26. The monoisotopic (exact) mass is 523 g/mol. The number of nitrogens with zero attached hydrogens (tertiary/aromatic N) is 2. The van der Waals surface area contributed by atoms with Gasteiger partial charge in [-0.2, -0.15) is 4.31 Å². The van der Waals surface area contributed by atoms with Crippen molar-refractivity contribution in [2.24, 2.45) is 5.92 Å². The van der Waals surface area contributed by atoms with Crippen LogP contribution in [0.1, 0.15) is 31.9 Å². The second-order valence-corrected chi connectivity index (χ2v) is 11.7. The van der Waals surface area contributed by atoms with Gasteiger partial charge in [0.15, 0.2) is 0 Å². The van der Waals surface area contributed by atoms with Crippen LogP contribution >= 0.6 is 0 Å². The van der Waals surface area contributed by atoms with Gasteiger partial charge in [0.2, 0.25) is 21.8 Å². The van der Waals surface area contributed by atoms with Crippen molar-refractivity contribution in [3.63, 3.8) is 0 Å². The van der Waals surface area contributed by atoms with Crippen LogP contribution in [0.15, 0.2) is 76.2 Å². The summed E-state index contributed by atoms with van der Waals surface area (Å²) in [6.07, 6.45) is 1.62. The molecule has 1 fully saturated rings. The van der Waals surface area contributed by atoms with Gasteiger partial charge in [-0.15, -0.1) is 0 Å². The number of aryl methyl sites for hydroxylation is 1. The summed E-state index contributed by atoms with van der Waals surface area (Å²) >= 11 is 0. The third-order valence-corrected chi connectivity index (χ3v) is 8.53. The number of benzene rings is 2. The topological polar surface area (TPSA) is 99.9 Å². The van der Waals surface area contributed by atoms with Crippen molar-refractivity contribution < 1.29 is 22.4 Å². The first kappa shape index (κ1) is 26.6. The fourth-order valence-electron chi connectivity index (χ4n) is 4.65. The lowest BCUT2D eigenvalue weighted by Gasteiger charge is -2.44. The molecule has 2 amide bonds. The van der Waals surface area contributed by atoms with Gasteiger partial charge < -0.3 is 14.6 Å². The van der Waals surface area contributed by atoms with Crippen LogP contribution in [0, 0.1) is 12.8 Å². The molecule has 8 nitrogen and oxygen atoms in total. The molecule has 1 aromatic heterocycles. The smallest absolute Gasteiger partial charge is 0.244 e. The van der Waals surface area contributed by atoms with E-state index in [0.29, 0.717) is 0 Å². The number of rotatable bonds is 7. The van der Waals surface area contributed by atoms with E-state index in [1.807, 2.05) is 37.3 Å². The van der Waals surface area contributed by atoms with E-state index in [9.17, 15) is 18.0 Å². The predicted octanol–water partition coefficient (Wildman–Crippen LogP) is 3.82. The van der Waals surface area contributed by atoms with Gasteiger partial charge in [-0.05, 0) is 55.3 Å². The number of hydrogen-bond acceptors (Lipinski definition) is 5. The first-order valence-electron chi connectivity index (χ1n) is 12.4. The molecule has 9 heteroatoms. The van der Waals surface area contributed by atoms with Crippen LogP contribution < -0.4 is 5.32 Å². The summed E-state index contributed by atoms with van der Waals surface area (Å²) in [4.78, 5) is 28.3. The Hall–Kier alpha value is -3.43. The Morgan fingerprint density at radius 3 is 2.41 bits per heavy atom. The van der Waals surface area contributed by atoms with Crippen molar-refractivity contribution in [2.75, 3.05) is 13.1 Å². The first-order chi connectivity index (χ1) is 17.6.